The lowest BCUT2D eigenvalue weighted by atomic mass is 10.1. The van der Waals surface area contributed by atoms with Crippen LogP contribution in [0.1, 0.15) is 0 Å². The van der Waals surface area contributed by atoms with E-state index in [0.29, 0.717) is 26.3 Å². The third-order valence-corrected chi connectivity index (χ3v) is 4.00. The van der Waals surface area contributed by atoms with E-state index < -0.39 is 0 Å². The molecule has 2 fully saturated rings. The second kappa shape index (κ2) is 4.96. The van der Waals surface area contributed by atoms with Crippen molar-refractivity contribution in [3.8, 4) is 0 Å². The highest BCUT2D eigenvalue weighted by atomic mass is 16.5. The van der Waals surface area contributed by atoms with Crippen molar-refractivity contribution >= 4 is 22.8 Å². The molecule has 1 amide bonds. The maximum Gasteiger partial charge on any atom is 0.227 e. The minimum Gasteiger partial charge on any atom is -0.378 e. The van der Waals surface area contributed by atoms with Crippen molar-refractivity contribution in [1.82, 2.24) is 15.3 Å². The van der Waals surface area contributed by atoms with Gasteiger partial charge in [-0.05, 0) is 12.1 Å². The summed E-state index contributed by atoms with van der Waals surface area (Å²) in [7, 11) is 0. The van der Waals surface area contributed by atoms with Crippen LogP contribution in [0.2, 0.25) is 0 Å². The number of hydrogen-bond acceptors (Lipinski definition) is 5. The van der Waals surface area contributed by atoms with Crippen LogP contribution in [-0.2, 0) is 9.53 Å². The molecule has 2 atom stereocenters. The molecule has 1 N–H and O–H groups in total. The molecule has 1 aromatic carbocycles. The normalized spacial score (nSPS) is 25.5. The summed E-state index contributed by atoms with van der Waals surface area (Å²) in [6, 6.07) is 7.82. The summed E-state index contributed by atoms with van der Waals surface area (Å²) in [5.74, 6) is 0.751. The highest BCUT2D eigenvalue weighted by Gasteiger charge is 2.33. The molecule has 6 heteroatoms. The predicted molar refractivity (Wildman–Crippen MR) is 78.0 cm³/mol. The quantitative estimate of drug-likeness (QED) is 0.830. The van der Waals surface area contributed by atoms with Crippen molar-refractivity contribution in [3.63, 3.8) is 0 Å². The third-order valence-electron chi connectivity index (χ3n) is 4.00. The van der Waals surface area contributed by atoms with Gasteiger partial charge in [-0.2, -0.15) is 0 Å². The molecule has 0 unspecified atom stereocenters. The van der Waals surface area contributed by atoms with Gasteiger partial charge in [0.2, 0.25) is 5.91 Å². The minimum atomic E-state index is -0.147. The molecule has 1 aromatic heterocycles. The molecule has 2 aliphatic heterocycles. The number of anilines is 1. The zero-order valence-electron chi connectivity index (χ0n) is 11.5. The molecule has 108 valence electrons. The number of nitrogens with one attached hydrogen (secondary N) is 1. The number of benzene rings is 1. The molecular weight excluding hydrogens is 268 g/mol. The summed E-state index contributed by atoms with van der Waals surface area (Å²) in [5, 5.41) is 3.02. The monoisotopic (exact) mass is 284 g/mol. The van der Waals surface area contributed by atoms with E-state index in [0.717, 1.165) is 16.9 Å². The van der Waals surface area contributed by atoms with Gasteiger partial charge in [0, 0.05) is 13.1 Å². The molecule has 6 nitrogen and oxygen atoms in total. The third kappa shape index (κ3) is 2.31. The van der Waals surface area contributed by atoms with Crippen LogP contribution in [0.5, 0.6) is 0 Å². The van der Waals surface area contributed by atoms with E-state index in [2.05, 4.69) is 20.2 Å². The first-order chi connectivity index (χ1) is 10.3. The standard InChI is InChI=1S/C15H16N4O2/c20-15-10-6-19(7-11(17-15)9-21-8-10)14-5-16-12-3-1-2-4-13(12)18-14/h1-5,10-11H,6-9H2,(H,17,20)/t10-,11+/m1/s1. The zero-order chi connectivity index (χ0) is 14.2. The van der Waals surface area contributed by atoms with Crippen LogP contribution in [0.3, 0.4) is 0 Å². The topological polar surface area (TPSA) is 67.3 Å². The lowest BCUT2D eigenvalue weighted by Crippen LogP contribution is -2.42. The lowest BCUT2D eigenvalue weighted by Gasteiger charge is -2.28. The molecule has 0 spiro atoms. The Morgan fingerprint density at radius 3 is 2.95 bits per heavy atom. The Kier molecular flexibility index (Phi) is 2.96. The van der Waals surface area contributed by atoms with Gasteiger partial charge >= 0.3 is 0 Å². The van der Waals surface area contributed by atoms with Crippen LogP contribution in [-0.4, -0.2) is 48.2 Å². The fourth-order valence-electron chi connectivity index (χ4n) is 2.92. The predicted octanol–water partition coefficient (Wildman–Crippen LogP) is 0.581. The Morgan fingerprint density at radius 2 is 2.05 bits per heavy atom. The van der Waals surface area contributed by atoms with Crippen LogP contribution >= 0.6 is 0 Å². The first kappa shape index (κ1) is 12.5. The molecule has 0 radical (unpaired) electrons. The Hall–Kier alpha value is -2.21. The van der Waals surface area contributed by atoms with E-state index in [1.54, 1.807) is 6.20 Å². The fourth-order valence-corrected chi connectivity index (χ4v) is 2.92. The fraction of sp³-hybridized carbons (Fsp3) is 0.400. The molecule has 2 saturated heterocycles. The second-order valence-electron chi connectivity index (χ2n) is 5.56. The minimum absolute atomic E-state index is 0.0123. The number of nitrogens with zero attached hydrogens (tertiary/aromatic N) is 3. The first-order valence-corrected chi connectivity index (χ1v) is 7.14. The summed E-state index contributed by atoms with van der Waals surface area (Å²) in [4.78, 5) is 23.3. The largest absolute Gasteiger partial charge is 0.378 e. The molecule has 21 heavy (non-hydrogen) atoms. The number of fused-ring (bicyclic) bond motifs is 4. The average molecular weight is 284 g/mol. The first-order valence-electron chi connectivity index (χ1n) is 7.14. The number of rotatable bonds is 1. The number of amides is 1. The Bertz CT molecular complexity index is 690. The Morgan fingerprint density at radius 1 is 1.19 bits per heavy atom. The molecule has 2 aromatic rings. The number of para-hydroxylation sites is 2. The maximum atomic E-state index is 12.0. The van der Waals surface area contributed by atoms with Gasteiger partial charge in [-0.15, -0.1) is 0 Å². The summed E-state index contributed by atoms with van der Waals surface area (Å²) >= 11 is 0. The highest BCUT2D eigenvalue weighted by molar-refractivity contribution is 5.81. The van der Waals surface area contributed by atoms with Crippen LogP contribution in [0, 0.1) is 5.92 Å². The van der Waals surface area contributed by atoms with E-state index in [4.69, 9.17) is 4.74 Å². The van der Waals surface area contributed by atoms with Gasteiger partial charge in [0.05, 0.1) is 42.4 Å². The SMILES string of the molecule is O=C1N[C@@H]2COC[C@H]1CN(c1cnc3ccccc3n1)C2. The van der Waals surface area contributed by atoms with E-state index in [1.807, 2.05) is 24.3 Å². The molecule has 2 bridgehead atoms. The molecule has 4 rings (SSSR count). The van der Waals surface area contributed by atoms with Gasteiger partial charge in [-0.3, -0.25) is 9.78 Å². The summed E-state index contributed by atoms with van der Waals surface area (Å²) in [5.41, 5.74) is 1.76. The average Bonchev–Trinajstić information content (AvgIpc) is 2.75. The number of hydrogen-bond donors (Lipinski definition) is 1. The van der Waals surface area contributed by atoms with Crippen LogP contribution < -0.4 is 10.2 Å². The van der Waals surface area contributed by atoms with Gasteiger partial charge < -0.3 is 15.0 Å². The maximum absolute atomic E-state index is 12.0. The number of aromatic nitrogens is 2. The molecule has 0 aliphatic carbocycles. The molecule has 2 aliphatic rings. The van der Waals surface area contributed by atoms with Gasteiger partial charge in [-0.25, -0.2) is 4.98 Å². The van der Waals surface area contributed by atoms with Crippen LogP contribution in [0.15, 0.2) is 30.5 Å². The summed E-state index contributed by atoms with van der Waals surface area (Å²) in [6.45, 7) is 2.35. The second-order valence-corrected chi connectivity index (χ2v) is 5.56. The van der Waals surface area contributed by atoms with E-state index in [1.165, 1.54) is 0 Å². The highest BCUT2D eigenvalue weighted by Crippen LogP contribution is 2.20. The smallest absolute Gasteiger partial charge is 0.227 e. The van der Waals surface area contributed by atoms with Crippen LogP contribution in [0.4, 0.5) is 5.82 Å². The van der Waals surface area contributed by atoms with Crippen molar-refractivity contribution in [1.29, 1.82) is 0 Å². The summed E-state index contributed by atoms with van der Waals surface area (Å²) < 4.78 is 5.54. The van der Waals surface area contributed by atoms with E-state index >= 15 is 0 Å². The summed E-state index contributed by atoms with van der Waals surface area (Å²) in [6.07, 6.45) is 1.79. The molecular formula is C15H16N4O2. The van der Waals surface area contributed by atoms with Crippen molar-refractivity contribution in [3.05, 3.63) is 30.5 Å². The van der Waals surface area contributed by atoms with Gasteiger partial charge in [-0.1, -0.05) is 12.1 Å². The lowest BCUT2D eigenvalue weighted by molar-refractivity contribution is -0.124. The Balaban J connectivity index is 1.69. The van der Waals surface area contributed by atoms with Gasteiger partial charge in [0.15, 0.2) is 0 Å². The van der Waals surface area contributed by atoms with Crippen molar-refractivity contribution < 1.29 is 9.53 Å². The van der Waals surface area contributed by atoms with Crippen molar-refractivity contribution in [2.24, 2.45) is 5.92 Å². The number of carbonyl (C=O) groups is 1. The molecule has 3 heterocycles. The number of carbonyl (C=O) groups excluding carboxylic acids is 1. The van der Waals surface area contributed by atoms with Crippen molar-refractivity contribution in [2.45, 2.75) is 6.04 Å². The van der Waals surface area contributed by atoms with Gasteiger partial charge in [0.1, 0.15) is 5.82 Å². The number of ether oxygens (including phenoxy) is 1. The zero-order valence-corrected chi connectivity index (χ0v) is 11.5. The van der Waals surface area contributed by atoms with Gasteiger partial charge in [0.25, 0.3) is 0 Å². The van der Waals surface area contributed by atoms with E-state index in [-0.39, 0.29) is 17.9 Å². The van der Waals surface area contributed by atoms with E-state index in [9.17, 15) is 4.79 Å². The van der Waals surface area contributed by atoms with Crippen molar-refractivity contribution in [2.75, 3.05) is 31.2 Å². The van der Waals surface area contributed by atoms with Crippen LogP contribution in [0.25, 0.3) is 11.0 Å². The molecule has 0 saturated carbocycles. The Labute approximate surface area is 122 Å².